The van der Waals surface area contributed by atoms with Crippen molar-refractivity contribution < 1.29 is 8.42 Å². The molecule has 3 heterocycles. The average Bonchev–Trinajstić information content (AvgIpc) is 3.08. The molecule has 1 atom stereocenters. The Labute approximate surface area is 130 Å². The lowest BCUT2D eigenvalue weighted by molar-refractivity contribution is 0.397. The molecule has 0 spiro atoms. The molecule has 0 radical (unpaired) electrons. The lowest BCUT2D eigenvalue weighted by Crippen LogP contribution is -2.30. The Hall–Kier alpha value is -0.760. The van der Waals surface area contributed by atoms with E-state index in [1.165, 1.54) is 11.3 Å². The fourth-order valence-corrected chi connectivity index (χ4v) is 6.32. The summed E-state index contributed by atoms with van der Waals surface area (Å²) in [6, 6.07) is 7.14. The summed E-state index contributed by atoms with van der Waals surface area (Å²) in [5.41, 5.74) is 1.01. The lowest BCUT2D eigenvalue weighted by Gasteiger charge is -2.23. The Balaban J connectivity index is 1.97. The SMILES string of the molecule is O=S(=O)(c1ccc(Br)s1)N1CCCC1c1ccncc1. The maximum Gasteiger partial charge on any atom is 0.253 e. The van der Waals surface area contributed by atoms with Crippen molar-refractivity contribution in [1.82, 2.24) is 9.29 Å². The van der Waals surface area contributed by atoms with Crippen molar-refractivity contribution in [2.24, 2.45) is 0 Å². The number of sulfonamides is 1. The van der Waals surface area contributed by atoms with Gasteiger partial charge >= 0.3 is 0 Å². The van der Waals surface area contributed by atoms with Gasteiger partial charge in [-0.2, -0.15) is 4.31 Å². The van der Waals surface area contributed by atoms with E-state index >= 15 is 0 Å². The van der Waals surface area contributed by atoms with Crippen LogP contribution >= 0.6 is 27.3 Å². The van der Waals surface area contributed by atoms with Crippen LogP contribution in [0, 0.1) is 0 Å². The predicted molar refractivity (Wildman–Crippen MR) is 82.1 cm³/mol. The molecule has 0 saturated carbocycles. The first kappa shape index (κ1) is 14.2. The summed E-state index contributed by atoms with van der Waals surface area (Å²) in [7, 11) is -3.41. The van der Waals surface area contributed by atoms with Crippen LogP contribution in [-0.2, 0) is 10.0 Å². The third-order valence-corrected chi connectivity index (χ3v) is 7.41. The molecular weight excluding hydrogens is 360 g/mol. The van der Waals surface area contributed by atoms with Crippen LogP contribution in [0.15, 0.2) is 44.7 Å². The third kappa shape index (κ3) is 2.55. The molecule has 2 aromatic heterocycles. The molecule has 0 aliphatic carbocycles. The van der Waals surface area contributed by atoms with Gasteiger partial charge in [0.25, 0.3) is 10.0 Å². The number of thiophene rings is 1. The number of aromatic nitrogens is 1. The van der Waals surface area contributed by atoms with Crippen molar-refractivity contribution in [2.75, 3.05) is 6.54 Å². The van der Waals surface area contributed by atoms with Crippen LogP contribution in [0.4, 0.5) is 0 Å². The van der Waals surface area contributed by atoms with Crippen molar-refractivity contribution in [1.29, 1.82) is 0 Å². The fraction of sp³-hybridized carbons (Fsp3) is 0.308. The second kappa shape index (κ2) is 5.55. The molecule has 2 aromatic rings. The van der Waals surface area contributed by atoms with E-state index in [-0.39, 0.29) is 6.04 Å². The van der Waals surface area contributed by atoms with E-state index in [4.69, 9.17) is 0 Å². The number of rotatable bonds is 3. The van der Waals surface area contributed by atoms with Crippen LogP contribution in [-0.4, -0.2) is 24.3 Å². The minimum atomic E-state index is -3.41. The molecule has 1 aliphatic rings. The lowest BCUT2D eigenvalue weighted by atomic mass is 10.1. The molecule has 0 N–H and O–H groups in total. The van der Waals surface area contributed by atoms with E-state index in [0.29, 0.717) is 10.8 Å². The molecule has 0 aromatic carbocycles. The van der Waals surface area contributed by atoms with Gasteiger partial charge in [0.2, 0.25) is 0 Å². The molecular formula is C13H13BrN2O2S2. The van der Waals surface area contributed by atoms with E-state index in [1.807, 2.05) is 12.1 Å². The maximum absolute atomic E-state index is 12.7. The molecule has 4 nitrogen and oxygen atoms in total. The Morgan fingerprint density at radius 3 is 2.65 bits per heavy atom. The van der Waals surface area contributed by atoms with Gasteiger partial charge in [0, 0.05) is 18.9 Å². The number of hydrogen-bond acceptors (Lipinski definition) is 4. The highest BCUT2D eigenvalue weighted by atomic mass is 79.9. The highest BCUT2D eigenvalue weighted by Crippen LogP contribution is 2.38. The van der Waals surface area contributed by atoms with Crippen LogP contribution in [0.25, 0.3) is 0 Å². The van der Waals surface area contributed by atoms with Gasteiger partial charge in [0.05, 0.1) is 9.83 Å². The monoisotopic (exact) mass is 372 g/mol. The zero-order chi connectivity index (χ0) is 14.2. The zero-order valence-corrected chi connectivity index (χ0v) is 13.8. The minimum Gasteiger partial charge on any atom is -0.265 e. The molecule has 3 rings (SSSR count). The zero-order valence-electron chi connectivity index (χ0n) is 10.6. The van der Waals surface area contributed by atoms with Gasteiger partial charge in [-0.15, -0.1) is 11.3 Å². The van der Waals surface area contributed by atoms with E-state index in [1.54, 1.807) is 28.8 Å². The van der Waals surface area contributed by atoms with Crippen LogP contribution in [0.1, 0.15) is 24.4 Å². The largest absolute Gasteiger partial charge is 0.265 e. The Kier molecular flexibility index (Phi) is 3.94. The van der Waals surface area contributed by atoms with Crippen LogP contribution in [0.2, 0.25) is 0 Å². The fourth-order valence-electron chi connectivity index (χ4n) is 2.50. The minimum absolute atomic E-state index is 0.0797. The summed E-state index contributed by atoms with van der Waals surface area (Å²) in [6.45, 7) is 0.574. The normalized spacial score (nSPS) is 20.4. The average molecular weight is 373 g/mol. The second-order valence-electron chi connectivity index (χ2n) is 4.61. The molecule has 0 bridgehead atoms. The van der Waals surface area contributed by atoms with Gasteiger partial charge in [-0.3, -0.25) is 4.98 Å². The molecule has 1 fully saturated rings. The van der Waals surface area contributed by atoms with Gasteiger partial charge in [-0.25, -0.2) is 8.42 Å². The molecule has 0 amide bonds. The van der Waals surface area contributed by atoms with Gasteiger partial charge in [-0.1, -0.05) is 0 Å². The van der Waals surface area contributed by atoms with E-state index in [9.17, 15) is 8.42 Å². The second-order valence-corrected chi connectivity index (χ2v) is 9.19. The Morgan fingerprint density at radius 1 is 1.25 bits per heavy atom. The highest BCUT2D eigenvalue weighted by Gasteiger charge is 2.36. The topological polar surface area (TPSA) is 50.3 Å². The number of nitrogens with zero attached hydrogens (tertiary/aromatic N) is 2. The van der Waals surface area contributed by atoms with Crippen molar-refractivity contribution >= 4 is 37.3 Å². The quantitative estimate of drug-likeness (QED) is 0.828. The predicted octanol–water partition coefficient (Wildman–Crippen LogP) is 3.43. The molecule has 7 heteroatoms. The summed E-state index contributed by atoms with van der Waals surface area (Å²) in [6.07, 6.45) is 5.16. The molecule has 106 valence electrons. The molecule has 1 saturated heterocycles. The first-order valence-corrected chi connectivity index (χ1v) is 9.31. The first-order chi connectivity index (χ1) is 9.59. The maximum atomic E-state index is 12.7. The standard InChI is InChI=1S/C13H13BrN2O2S2/c14-12-3-4-13(19-12)20(17,18)16-9-1-2-11(16)10-5-7-15-8-6-10/h3-8,11H,1-2,9H2. The van der Waals surface area contributed by atoms with E-state index in [0.717, 1.165) is 22.2 Å². The first-order valence-electron chi connectivity index (χ1n) is 6.26. The Bertz CT molecular complexity index is 700. The van der Waals surface area contributed by atoms with Crippen molar-refractivity contribution in [3.8, 4) is 0 Å². The Morgan fingerprint density at radius 2 is 2.00 bits per heavy atom. The van der Waals surface area contributed by atoms with Gasteiger partial charge in [0.15, 0.2) is 0 Å². The summed E-state index contributed by atoms with van der Waals surface area (Å²) in [5, 5.41) is 0. The van der Waals surface area contributed by atoms with Crippen molar-refractivity contribution in [3.05, 3.63) is 46.0 Å². The van der Waals surface area contributed by atoms with Crippen LogP contribution in [0.3, 0.4) is 0 Å². The number of halogens is 1. The summed E-state index contributed by atoms with van der Waals surface area (Å²) >= 11 is 4.57. The summed E-state index contributed by atoms with van der Waals surface area (Å²) < 4.78 is 28.3. The van der Waals surface area contributed by atoms with Gasteiger partial charge < -0.3 is 0 Å². The number of hydrogen-bond donors (Lipinski definition) is 0. The summed E-state index contributed by atoms with van der Waals surface area (Å²) in [5.74, 6) is 0. The van der Waals surface area contributed by atoms with Crippen molar-refractivity contribution in [2.45, 2.75) is 23.1 Å². The van der Waals surface area contributed by atoms with Gasteiger partial charge in [-0.05, 0) is 58.6 Å². The third-order valence-electron chi connectivity index (χ3n) is 3.41. The van der Waals surface area contributed by atoms with Crippen LogP contribution < -0.4 is 0 Å². The van der Waals surface area contributed by atoms with E-state index in [2.05, 4.69) is 20.9 Å². The van der Waals surface area contributed by atoms with Crippen molar-refractivity contribution in [3.63, 3.8) is 0 Å². The molecule has 1 aliphatic heterocycles. The molecule has 20 heavy (non-hydrogen) atoms. The summed E-state index contributed by atoms with van der Waals surface area (Å²) in [4.78, 5) is 3.99. The van der Waals surface area contributed by atoms with E-state index < -0.39 is 10.0 Å². The smallest absolute Gasteiger partial charge is 0.253 e. The van der Waals surface area contributed by atoms with Gasteiger partial charge in [0.1, 0.15) is 4.21 Å². The van der Waals surface area contributed by atoms with Crippen LogP contribution in [0.5, 0.6) is 0 Å². The number of pyridine rings is 1. The highest BCUT2D eigenvalue weighted by molar-refractivity contribution is 9.11. The molecule has 1 unspecified atom stereocenters.